The molecule has 2 N–H and O–H groups in total. The van der Waals surface area contributed by atoms with Gasteiger partial charge < -0.3 is 10.4 Å². The molecule has 5 rings (SSSR count). The quantitative estimate of drug-likeness (QED) is 0.279. The molecule has 170 valence electrons. The number of nitrogens with zero attached hydrogens (tertiary/aromatic N) is 2. The van der Waals surface area contributed by atoms with Gasteiger partial charge in [-0.15, -0.1) is 11.3 Å². The van der Waals surface area contributed by atoms with Crippen molar-refractivity contribution in [2.45, 2.75) is 18.9 Å². The first kappa shape index (κ1) is 21.9. The normalized spacial score (nSPS) is 12.3. The summed E-state index contributed by atoms with van der Waals surface area (Å²) in [6.45, 7) is 0. The monoisotopic (exact) mass is 475 g/mol. The molecule has 2 aromatic heterocycles. The smallest absolute Gasteiger partial charge is 0.326 e. The summed E-state index contributed by atoms with van der Waals surface area (Å²) in [6.07, 6.45) is -1.25. The molecule has 0 radical (unpaired) electrons. The van der Waals surface area contributed by atoms with E-state index in [-0.39, 0.29) is 17.1 Å². The minimum atomic E-state index is -2.72. The summed E-state index contributed by atoms with van der Waals surface area (Å²) >= 11 is 0.900. The van der Waals surface area contributed by atoms with Crippen LogP contribution in [0.3, 0.4) is 0 Å². The Bertz CT molecular complexity index is 1480. The molecular formula is C26H19F2N3O2S. The molecule has 0 amide bonds. The Balaban J connectivity index is 1.69. The highest BCUT2D eigenvalue weighted by Crippen LogP contribution is 2.46. The van der Waals surface area contributed by atoms with Crippen molar-refractivity contribution >= 4 is 44.1 Å². The Kier molecular flexibility index (Phi) is 5.90. The number of nitrogens with one attached hydrogen (secondary N) is 1. The van der Waals surface area contributed by atoms with E-state index in [0.29, 0.717) is 21.3 Å². The molecular weight excluding hydrogens is 456 g/mol. The molecule has 0 aliphatic heterocycles. The summed E-state index contributed by atoms with van der Waals surface area (Å²) in [5, 5.41) is 15.0. The van der Waals surface area contributed by atoms with E-state index in [1.165, 1.54) is 6.33 Å². The van der Waals surface area contributed by atoms with E-state index >= 15 is 0 Å². The largest absolute Gasteiger partial charge is 0.480 e. The van der Waals surface area contributed by atoms with Gasteiger partial charge in [-0.05, 0) is 21.9 Å². The highest BCUT2D eigenvalue weighted by molar-refractivity contribution is 7.19. The lowest BCUT2D eigenvalue weighted by Crippen LogP contribution is -2.32. The maximum atomic E-state index is 14.2. The molecule has 0 bridgehead atoms. The van der Waals surface area contributed by atoms with Crippen molar-refractivity contribution in [1.82, 2.24) is 9.97 Å². The summed E-state index contributed by atoms with van der Waals surface area (Å²) < 4.78 is 28.4. The van der Waals surface area contributed by atoms with Crippen LogP contribution in [0, 0.1) is 0 Å². The number of aliphatic carboxylic acids is 1. The van der Waals surface area contributed by atoms with Crippen molar-refractivity contribution in [1.29, 1.82) is 0 Å². The van der Waals surface area contributed by atoms with Crippen LogP contribution in [-0.4, -0.2) is 27.1 Å². The Morgan fingerprint density at radius 1 is 0.971 bits per heavy atom. The molecule has 34 heavy (non-hydrogen) atoms. The third kappa shape index (κ3) is 4.08. The van der Waals surface area contributed by atoms with Gasteiger partial charge in [0.1, 0.15) is 23.0 Å². The SMILES string of the molecule is O=C(O)[C@@H](Cc1ccccc1)Nc1ncnc2sc(C(F)F)c(-c3cccc4ccccc34)c12. The highest BCUT2D eigenvalue weighted by atomic mass is 32.1. The Morgan fingerprint density at radius 2 is 1.71 bits per heavy atom. The molecule has 0 unspecified atom stereocenters. The summed E-state index contributed by atoms with van der Waals surface area (Å²) in [5.41, 5.74) is 1.80. The standard InChI is InChI=1S/C26H19F2N3O2S/c27-23(28)22-20(18-12-6-10-16-9-4-5-11-17(16)18)21-24(29-14-30-25(21)34-22)31-19(26(32)33)13-15-7-2-1-3-8-15/h1-12,14,19,23H,13H2,(H,32,33)(H,29,30,31)/t19-/m1/s1. The Hall–Kier alpha value is -3.91. The van der Waals surface area contributed by atoms with E-state index in [1.54, 1.807) is 6.07 Å². The predicted molar refractivity (Wildman–Crippen MR) is 131 cm³/mol. The molecule has 0 saturated heterocycles. The van der Waals surface area contributed by atoms with Crippen LogP contribution in [-0.2, 0) is 11.2 Å². The fourth-order valence-corrected chi connectivity index (χ4v) is 5.15. The first-order chi connectivity index (χ1) is 16.5. The van der Waals surface area contributed by atoms with E-state index < -0.39 is 18.4 Å². The molecule has 0 saturated carbocycles. The van der Waals surface area contributed by atoms with Gasteiger partial charge in [0.05, 0.1) is 10.3 Å². The summed E-state index contributed by atoms with van der Waals surface area (Å²) in [7, 11) is 0. The van der Waals surface area contributed by atoms with Crippen LogP contribution in [0.5, 0.6) is 0 Å². The van der Waals surface area contributed by atoms with Gasteiger partial charge in [0.2, 0.25) is 0 Å². The Labute approximate surface area is 197 Å². The van der Waals surface area contributed by atoms with Crippen molar-refractivity contribution in [2.75, 3.05) is 5.32 Å². The van der Waals surface area contributed by atoms with Crippen molar-refractivity contribution in [3.63, 3.8) is 0 Å². The molecule has 0 aliphatic carbocycles. The maximum absolute atomic E-state index is 14.2. The fraction of sp³-hybridized carbons (Fsp3) is 0.115. The van der Waals surface area contributed by atoms with Crippen LogP contribution in [0.4, 0.5) is 14.6 Å². The van der Waals surface area contributed by atoms with E-state index in [0.717, 1.165) is 27.7 Å². The highest BCUT2D eigenvalue weighted by Gasteiger charge is 2.27. The third-order valence-corrected chi connectivity index (χ3v) is 6.77. The number of fused-ring (bicyclic) bond motifs is 2. The molecule has 0 aliphatic rings. The van der Waals surface area contributed by atoms with Crippen molar-refractivity contribution in [3.8, 4) is 11.1 Å². The van der Waals surface area contributed by atoms with Crippen molar-refractivity contribution in [2.24, 2.45) is 0 Å². The van der Waals surface area contributed by atoms with Crippen LogP contribution in [0.1, 0.15) is 16.9 Å². The van der Waals surface area contributed by atoms with Crippen LogP contribution in [0.25, 0.3) is 32.1 Å². The summed E-state index contributed by atoms with van der Waals surface area (Å²) in [4.78, 5) is 20.8. The number of carboxylic acids is 1. The molecule has 5 nitrogen and oxygen atoms in total. The lowest BCUT2D eigenvalue weighted by molar-refractivity contribution is -0.137. The lowest BCUT2D eigenvalue weighted by atomic mass is 9.96. The summed E-state index contributed by atoms with van der Waals surface area (Å²) in [6, 6.07) is 21.3. The number of rotatable bonds is 7. The molecule has 1 atom stereocenters. The van der Waals surface area contributed by atoms with Gasteiger partial charge in [0, 0.05) is 12.0 Å². The second-order valence-corrected chi connectivity index (χ2v) is 8.83. The van der Waals surface area contributed by atoms with Gasteiger partial charge in [0.15, 0.2) is 0 Å². The minimum Gasteiger partial charge on any atom is -0.480 e. The number of anilines is 1. The number of hydrogen-bond acceptors (Lipinski definition) is 5. The molecule has 5 aromatic rings. The summed E-state index contributed by atoms with van der Waals surface area (Å²) in [5.74, 6) is -0.842. The predicted octanol–water partition coefficient (Wildman–Crippen LogP) is 6.56. The van der Waals surface area contributed by atoms with E-state index in [2.05, 4.69) is 15.3 Å². The van der Waals surface area contributed by atoms with Crippen LogP contribution in [0.2, 0.25) is 0 Å². The molecule has 0 spiro atoms. The van der Waals surface area contributed by atoms with Crippen molar-refractivity contribution < 1.29 is 18.7 Å². The van der Waals surface area contributed by atoms with Crippen molar-refractivity contribution in [3.05, 3.63) is 89.6 Å². The zero-order chi connectivity index (χ0) is 23.7. The van der Waals surface area contributed by atoms with Crippen LogP contribution < -0.4 is 5.32 Å². The average Bonchev–Trinajstić information content (AvgIpc) is 3.25. The number of hydrogen-bond donors (Lipinski definition) is 2. The first-order valence-corrected chi connectivity index (χ1v) is 11.4. The van der Waals surface area contributed by atoms with E-state index in [9.17, 15) is 18.7 Å². The number of carbonyl (C=O) groups is 1. The Morgan fingerprint density at radius 3 is 2.47 bits per heavy atom. The molecule has 8 heteroatoms. The number of carboxylic acid groups (broad SMARTS) is 1. The van der Waals surface area contributed by atoms with Gasteiger partial charge >= 0.3 is 5.97 Å². The van der Waals surface area contributed by atoms with E-state index in [1.807, 2.05) is 66.7 Å². The average molecular weight is 476 g/mol. The minimum absolute atomic E-state index is 0.121. The maximum Gasteiger partial charge on any atom is 0.326 e. The molecule has 2 heterocycles. The number of benzene rings is 3. The third-order valence-electron chi connectivity index (χ3n) is 5.66. The van der Waals surface area contributed by atoms with Crippen LogP contribution in [0.15, 0.2) is 79.1 Å². The second kappa shape index (κ2) is 9.15. The van der Waals surface area contributed by atoms with Gasteiger partial charge in [-0.3, -0.25) is 0 Å². The zero-order valence-corrected chi connectivity index (χ0v) is 18.6. The number of aromatic nitrogens is 2. The van der Waals surface area contributed by atoms with Gasteiger partial charge in [0.25, 0.3) is 6.43 Å². The lowest BCUT2D eigenvalue weighted by Gasteiger charge is -2.17. The topological polar surface area (TPSA) is 75.1 Å². The molecule has 3 aromatic carbocycles. The number of halogens is 2. The number of thiophene rings is 1. The zero-order valence-electron chi connectivity index (χ0n) is 17.8. The number of alkyl halides is 2. The first-order valence-electron chi connectivity index (χ1n) is 10.6. The fourth-order valence-electron chi connectivity index (χ4n) is 4.14. The van der Waals surface area contributed by atoms with Gasteiger partial charge in [-0.2, -0.15) is 0 Å². The van der Waals surface area contributed by atoms with Gasteiger partial charge in [-0.1, -0.05) is 72.8 Å². The van der Waals surface area contributed by atoms with E-state index in [4.69, 9.17) is 0 Å². The second-order valence-electron chi connectivity index (χ2n) is 7.80. The molecule has 0 fully saturated rings. The van der Waals surface area contributed by atoms with Gasteiger partial charge in [-0.25, -0.2) is 23.5 Å². The van der Waals surface area contributed by atoms with Crippen LogP contribution >= 0.6 is 11.3 Å².